The van der Waals surface area contributed by atoms with Gasteiger partial charge in [-0.25, -0.2) is 0 Å². The maximum Gasteiger partial charge on any atom is 0.227 e. The summed E-state index contributed by atoms with van der Waals surface area (Å²) in [5.41, 5.74) is 0.851. The number of nitrogens with one attached hydrogen (secondary N) is 1. The van der Waals surface area contributed by atoms with E-state index in [1.54, 1.807) is 19.1 Å². The number of hydrogen-bond acceptors (Lipinski definition) is 3. The van der Waals surface area contributed by atoms with Gasteiger partial charge in [0.25, 0.3) is 0 Å². The van der Waals surface area contributed by atoms with Gasteiger partial charge in [0, 0.05) is 37.8 Å². The van der Waals surface area contributed by atoms with E-state index in [-0.39, 0.29) is 5.91 Å². The van der Waals surface area contributed by atoms with Crippen LogP contribution in [0.4, 0.5) is 5.69 Å². The number of anilines is 1. The molecule has 0 aliphatic heterocycles. The monoisotopic (exact) mass is 250 g/mol. The van der Waals surface area contributed by atoms with Crippen molar-refractivity contribution in [2.24, 2.45) is 0 Å². The van der Waals surface area contributed by atoms with E-state index in [1.165, 1.54) is 0 Å². The summed E-state index contributed by atoms with van der Waals surface area (Å²) in [6, 6.07) is 7.90. The first-order valence-corrected chi connectivity index (χ1v) is 6.18. The van der Waals surface area contributed by atoms with Crippen molar-refractivity contribution in [1.82, 2.24) is 5.32 Å². The average molecular weight is 250 g/mol. The Balaban J connectivity index is 2.56. The molecule has 0 saturated carbocycles. The van der Waals surface area contributed by atoms with Crippen molar-refractivity contribution in [3.8, 4) is 5.75 Å². The Bertz CT molecular complexity index is 391. The van der Waals surface area contributed by atoms with Crippen LogP contribution in [0.3, 0.4) is 0 Å². The van der Waals surface area contributed by atoms with Crippen LogP contribution >= 0.6 is 0 Å². The van der Waals surface area contributed by atoms with Crippen LogP contribution in [-0.2, 0) is 4.79 Å². The van der Waals surface area contributed by atoms with E-state index in [0.29, 0.717) is 19.0 Å². The van der Waals surface area contributed by atoms with Crippen LogP contribution in [0.15, 0.2) is 24.3 Å². The Morgan fingerprint density at radius 2 is 2.17 bits per heavy atom. The summed E-state index contributed by atoms with van der Waals surface area (Å²) in [4.78, 5) is 13.6. The SMILES string of the molecule is COc1cccc(N(C)C(=O)CCNC(C)C)c1. The van der Waals surface area contributed by atoms with Crippen molar-refractivity contribution < 1.29 is 9.53 Å². The van der Waals surface area contributed by atoms with Gasteiger partial charge < -0.3 is 15.0 Å². The third kappa shape index (κ3) is 4.37. The minimum absolute atomic E-state index is 0.0939. The second-order valence-electron chi connectivity index (χ2n) is 4.51. The van der Waals surface area contributed by atoms with E-state index >= 15 is 0 Å². The normalized spacial score (nSPS) is 10.5. The molecule has 1 aromatic carbocycles. The molecule has 0 bridgehead atoms. The van der Waals surface area contributed by atoms with Crippen molar-refractivity contribution in [2.75, 3.05) is 25.6 Å². The van der Waals surface area contributed by atoms with Crippen LogP contribution in [0, 0.1) is 0 Å². The number of carbonyl (C=O) groups excluding carboxylic acids is 1. The summed E-state index contributed by atoms with van der Waals surface area (Å²) in [5.74, 6) is 0.851. The van der Waals surface area contributed by atoms with Gasteiger partial charge in [0.1, 0.15) is 5.75 Å². The summed E-state index contributed by atoms with van der Waals surface area (Å²) < 4.78 is 5.15. The molecule has 100 valence electrons. The lowest BCUT2D eigenvalue weighted by Gasteiger charge is -2.18. The first-order chi connectivity index (χ1) is 8.54. The van der Waals surface area contributed by atoms with Gasteiger partial charge in [0.05, 0.1) is 7.11 Å². The lowest BCUT2D eigenvalue weighted by molar-refractivity contribution is -0.118. The van der Waals surface area contributed by atoms with Gasteiger partial charge in [-0.3, -0.25) is 4.79 Å². The van der Waals surface area contributed by atoms with E-state index in [4.69, 9.17) is 4.74 Å². The molecule has 0 unspecified atom stereocenters. The van der Waals surface area contributed by atoms with E-state index < -0.39 is 0 Å². The third-order valence-corrected chi connectivity index (χ3v) is 2.71. The number of amides is 1. The zero-order chi connectivity index (χ0) is 13.5. The van der Waals surface area contributed by atoms with Crippen LogP contribution in [0.2, 0.25) is 0 Å². The number of rotatable bonds is 6. The minimum Gasteiger partial charge on any atom is -0.497 e. The Morgan fingerprint density at radius 1 is 1.44 bits per heavy atom. The molecule has 1 amide bonds. The first-order valence-electron chi connectivity index (χ1n) is 6.18. The quantitative estimate of drug-likeness (QED) is 0.840. The Hall–Kier alpha value is -1.55. The molecule has 4 heteroatoms. The lowest BCUT2D eigenvalue weighted by Crippen LogP contribution is -2.31. The smallest absolute Gasteiger partial charge is 0.227 e. The number of benzene rings is 1. The standard InChI is InChI=1S/C14H22N2O2/c1-11(2)15-9-8-14(17)16(3)12-6-5-7-13(10-12)18-4/h5-7,10-11,15H,8-9H2,1-4H3. The van der Waals surface area contributed by atoms with Crippen molar-refractivity contribution >= 4 is 11.6 Å². The lowest BCUT2D eigenvalue weighted by atomic mass is 10.2. The summed E-state index contributed by atoms with van der Waals surface area (Å²) in [6.45, 7) is 4.83. The number of nitrogens with zero attached hydrogens (tertiary/aromatic N) is 1. The van der Waals surface area contributed by atoms with E-state index in [0.717, 1.165) is 11.4 Å². The van der Waals surface area contributed by atoms with Gasteiger partial charge in [0.2, 0.25) is 5.91 Å². The molecule has 18 heavy (non-hydrogen) atoms. The summed E-state index contributed by atoms with van der Waals surface area (Å²) in [7, 11) is 3.40. The third-order valence-electron chi connectivity index (χ3n) is 2.71. The molecule has 0 aliphatic rings. The highest BCUT2D eigenvalue weighted by atomic mass is 16.5. The highest BCUT2D eigenvalue weighted by Gasteiger charge is 2.11. The second kappa shape index (κ2) is 7.01. The molecule has 1 N–H and O–H groups in total. The molecule has 0 radical (unpaired) electrons. The van der Waals surface area contributed by atoms with Crippen LogP contribution in [0.25, 0.3) is 0 Å². The molecule has 1 aromatic rings. The fourth-order valence-corrected chi connectivity index (χ4v) is 1.60. The van der Waals surface area contributed by atoms with Crippen LogP contribution in [-0.4, -0.2) is 32.7 Å². The number of hydrogen-bond donors (Lipinski definition) is 1. The maximum atomic E-state index is 12.0. The zero-order valence-corrected chi connectivity index (χ0v) is 11.6. The molecule has 0 saturated heterocycles. The van der Waals surface area contributed by atoms with Gasteiger partial charge >= 0.3 is 0 Å². The molecule has 0 aliphatic carbocycles. The van der Waals surface area contributed by atoms with Crippen molar-refractivity contribution in [1.29, 1.82) is 0 Å². The Labute approximate surface area is 109 Å². The fraction of sp³-hybridized carbons (Fsp3) is 0.500. The van der Waals surface area contributed by atoms with Crippen LogP contribution in [0.1, 0.15) is 20.3 Å². The van der Waals surface area contributed by atoms with Gasteiger partial charge in [0.15, 0.2) is 0 Å². The number of ether oxygens (including phenoxy) is 1. The second-order valence-corrected chi connectivity index (χ2v) is 4.51. The molecule has 0 aromatic heterocycles. The molecule has 0 atom stereocenters. The topological polar surface area (TPSA) is 41.6 Å². The minimum atomic E-state index is 0.0939. The van der Waals surface area contributed by atoms with Crippen molar-refractivity contribution in [3.63, 3.8) is 0 Å². The molecule has 0 spiro atoms. The average Bonchev–Trinajstić information content (AvgIpc) is 2.37. The van der Waals surface area contributed by atoms with Crippen LogP contribution < -0.4 is 15.0 Å². The maximum absolute atomic E-state index is 12.0. The van der Waals surface area contributed by atoms with Gasteiger partial charge in [-0.05, 0) is 12.1 Å². The van der Waals surface area contributed by atoms with E-state index in [9.17, 15) is 4.79 Å². The Kier molecular flexibility index (Phi) is 5.65. The highest BCUT2D eigenvalue weighted by Crippen LogP contribution is 2.20. The molecular weight excluding hydrogens is 228 g/mol. The van der Waals surface area contributed by atoms with Gasteiger partial charge in [-0.2, -0.15) is 0 Å². The molecule has 0 fully saturated rings. The largest absolute Gasteiger partial charge is 0.497 e. The van der Waals surface area contributed by atoms with E-state index in [2.05, 4.69) is 19.2 Å². The molecular formula is C14H22N2O2. The first kappa shape index (κ1) is 14.5. The number of methoxy groups -OCH3 is 1. The molecule has 0 heterocycles. The fourth-order valence-electron chi connectivity index (χ4n) is 1.60. The zero-order valence-electron chi connectivity index (χ0n) is 11.6. The summed E-state index contributed by atoms with van der Waals surface area (Å²) in [6.07, 6.45) is 0.492. The number of carbonyl (C=O) groups is 1. The molecule has 1 rings (SSSR count). The van der Waals surface area contributed by atoms with Gasteiger partial charge in [-0.15, -0.1) is 0 Å². The molecule has 4 nitrogen and oxygen atoms in total. The van der Waals surface area contributed by atoms with Crippen molar-refractivity contribution in [3.05, 3.63) is 24.3 Å². The summed E-state index contributed by atoms with van der Waals surface area (Å²) in [5, 5.41) is 3.23. The highest BCUT2D eigenvalue weighted by molar-refractivity contribution is 5.93. The van der Waals surface area contributed by atoms with Crippen molar-refractivity contribution in [2.45, 2.75) is 26.3 Å². The Morgan fingerprint density at radius 3 is 2.78 bits per heavy atom. The predicted octanol–water partition coefficient (Wildman–Crippen LogP) is 2.05. The van der Waals surface area contributed by atoms with Gasteiger partial charge in [-0.1, -0.05) is 19.9 Å². The predicted molar refractivity (Wildman–Crippen MR) is 74.2 cm³/mol. The van der Waals surface area contributed by atoms with E-state index in [1.807, 2.05) is 24.3 Å². The van der Waals surface area contributed by atoms with Crippen LogP contribution in [0.5, 0.6) is 5.75 Å². The summed E-state index contributed by atoms with van der Waals surface area (Å²) >= 11 is 0.